The fourth-order valence-electron chi connectivity index (χ4n) is 1.93. The predicted molar refractivity (Wildman–Crippen MR) is 83.7 cm³/mol. The Morgan fingerprint density at radius 2 is 2.05 bits per heavy atom. The van der Waals surface area contributed by atoms with Gasteiger partial charge in [0.15, 0.2) is 0 Å². The first-order valence-corrected chi connectivity index (χ1v) is 6.79. The van der Waals surface area contributed by atoms with Crippen LogP contribution in [0.4, 0.5) is 17.2 Å². The Bertz CT molecular complexity index is 664. The second-order valence-electron chi connectivity index (χ2n) is 4.60. The second-order valence-corrected chi connectivity index (χ2v) is 4.60. The number of pyridine rings is 1. The topological polar surface area (TPSA) is 75.2 Å². The van der Waals surface area contributed by atoms with Crippen LogP contribution in [-0.2, 0) is 0 Å². The minimum absolute atomic E-state index is 0.427. The van der Waals surface area contributed by atoms with E-state index in [-0.39, 0.29) is 0 Å². The van der Waals surface area contributed by atoms with Gasteiger partial charge >= 0.3 is 0 Å². The summed E-state index contributed by atoms with van der Waals surface area (Å²) in [6, 6.07) is 13.1. The number of para-hydroxylation sites is 1. The molecule has 0 spiro atoms. The number of nitrogens with zero attached hydrogens (tertiary/aromatic N) is 3. The molecule has 0 saturated carbocycles. The van der Waals surface area contributed by atoms with Crippen LogP contribution in [0.2, 0.25) is 0 Å². The molecule has 1 aromatic heterocycles. The molecule has 5 heteroatoms. The fraction of sp³-hybridized carbons (Fsp3) is 0.250. The predicted octanol–water partition coefficient (Wildman–Crippen LogP) is 3.09. The molecular formula is C16H18N4O. The Morgan fingerprint density at radius 3 is 2.76 bits per heavy atom. The minimum Gasteiger partial charge on any atom is -0.476 e. The second kappa shape index (κ2) is 6.62. The molecule has 0 radical (unpaired) electrons. The Hall–Kier alpha value is -2.74. The highest BCUT2D eigenvalue weighted by molar-refractivity contribution is 5.68. The van der Waals surface area contributed by atoms with Crippen molar-refractivity contribution in [1.29, 1.82) is 5.26 Å². The van der Waals surface area contributed by atoms with E-state index >= 15 is 0 Å². The minimum atomic E-state index is 0.427. The van der Waals surface area contributed by atoms with E-state index in [1.54, 1.807) is 12.1 Å². The monoisotopic (exact) mass is 282 g/mol. The number of nitrogens with two attached hydrogens (primary N) is 1. The van der Waals surface area contributed by atoms with Crippen LogP contribution in [0.25, 0.3) is 0 Å². The molecule has 2 aromatic rings. The van der Waals surface area contributed by atoms with E-state index in [0.717, 1.165) is 12.1 Å². The van der Waals surface area contributed by atoms with Gasteiger partial charge in [-0.15, -0.1) is 0 Å². The molecular weight excluding hydrogens is 264 g/mol. The van der Waals surface area contributed by atoms with Crippen molar-refractivity contribution in [3.8, 4) is 11.9 Å². The maximum absolute atomic E-state index is 9.19. The average molecular weight is 282 g/mol. The molecule has 0 atom stereocenters. The van der Waals surface area contributed by atoms with Gasteiger partial charge in [-0.3, -0.25) is 0 Å². The fourth-order valence-corrected chi connectivity index (χ4v) is 1.93. The average Bonchev–Trinajstić information content (AvgIpc) is 2.53. The number of benzene rings is 1. The molecule has 0 unspecified atom stereocenters. The largest absolute Gasteiger partial charge is 0.476 e. The molecule has 2 N–H and O–H groups in total. The molecule has 0 aliphatic carbocycles. The lowest BCUT2D eigenvalue weighted by atomic mass is 10.2. The Kier molecular flexibility index (Phi) is 4.62. The zero-order chi connectivity index (χ0) is 15.2. The van der Waals surface area contributed by atoms with E-state index in [1.165, 1.54) is 0 Å². The molecule has 1 heterocycles. The van der Waals surface area contributed by atoms with Crippen molar-refractivity contribution in [1.82, 2.24) is 4.98 Å². The number of rotatable bonds is 5. The van der Waals surface area contributed by atoms with Gasteiger partial charge in [0.25, 0.3) is 0 Å². The zero-order valence-electron chi connectivity index (χ0n) is 12.2. The van der Waals surface area contributed by atoms with E-state index in [0.29, 0.717) is 29.6 Å². The van der Waals surface area contributed by atoms with Crippen LogP contribution in [0.15, 0.2) is 36.4 Å². The summed E-state index contributed by atoms with van der Waals surface area (Å²) >= 11 is 0. The van der Waals surface area contributed by atoms with Gasteiger partial charge in [-0.2, -0.15) is 10.2 Å². The Morgan fingerprint density at radius 1 is 1.29 bits per heavy atom. The van der Waals surface area contributed by atoms with Crippen molar-refractivity contribution in [3.63, 3.8) is 0 Å². The lowest BCUT2D eigenvalue weighted by molar-refractivity contribution is 0.307. The van der Waals surface area contributed by atoms with Gasteiger partial charge in [-0.25, -0.2) is 0 Å². The van der Waals surface area contributed by atoms with E-state index in [2.05, 4.69) is 11.1 Å². The lowest BCUT2D eigenvalue weighted by Gasteiger charge is -2.20. The molecule has 21 heavy (non-hydrogen) atoms. The van der Waals surface area contributed by atoms with E-state index < -0.39 is 0 Å². The number of hydrogen-bond acceptors (Lipinski definition) is 5. The third kappa shape index (κ3) is 3.23. The summed E-state index contributed by atoms with van der Waals surface area (Å²) < 4.78 is 5.54. The third-order valence-electron chi connectivity index (χ3n) is 3.05. The van der Waals surface area contributed by atoms with E-state index in [1.807, 2.05) is 43.1 Å². The molecule has 0 aliphatic rings. The van der Waals surface area contributed by atoms with Crippen LogP contribution >= 0.6 is 0 Å². The summed E-state index contributed by atoms with van der Waals surface area (Å²) in [6.07, 6.45) is 0.887. The quantitative estimate of drug-likeness (QED) is 0.912. The first kappa shape index (κ1) is 14.7. The van der Waals surface area contributed by atoms with Crippen LogP contribution in [-0.4, -0.2) is 18.6 Å². The number of hydrogen-bond donors (Lipinski definition) is 1. The van der Waals surface area contributed by atoms with Crippen molar-refractivity contribution in [2.45, 2.75) is 13.3 Å². The summed E-state index contributed by atoms with van der Waals surface area (Å²) in [4.78, 5) is 6.27. The highest BCUT2D eigenvalue weighted by Crippen LogP contribution is 2.29. The number of anilines is 3. The smallest absolute Gasteiger partial charge is 0.239 e. The maximum Gasteiger partial charge on any atom is 0.239 e. The van der Waals surface area contributed by atoms with Gasteiger partial charge in [0.1, 0.15) is 11.9 Å². The molecule has 0 aliphatic heterocycles. The number of aromatic nitrogens is 1. The Balaban J connectivity index is 2.35. The molecule has 108 valence electrons. The van der Waals surface area contributed by atoms with Crippen molar-refractivity contribution in [2.75, 3.05) is 24.3 Å². The van der Waals surface area contributed by atoms with Gasteiger partial charge in [0.05, 0.1) is 23.5 Å². The highest BCUT2D eigenvalue weighted by Gasteiger charge is 2.12. The van der Waals surface area contributed by atoms with E-state index in [4.69, 9.17) is 10.5 Å². The summed E-state index contributed by atoms with van der Waals surface area (Å²) in [5.74, 6) is 1.11. The normalized spacial score (nSPS) is 9.95. The molecule has 0 fully saturated rings. The van der Waals surface area contributed by atoms with Crippen molar-refractivity contribution >= 4 is 17.2 Å². The van der Waals surface area contributed by atoms with Crippen molar-refractivity contribution in [2.24, 2.45) is 0 Å². The zero-order valence-corrected chi connectivity index (χ0v) is 12.2. The molecule has 1 aromatic carbocycles. The van der Waals surface area contributed by atoms with Crippen LogP contribution in [0, 0.1) is 11.3 Å². The number of nitrogen functional groups attached to an aromatic ring is 1. The number of nitriles is 1. The molecule has 5 nitrogen and oxygen atoms in total. The van der Waals surface area contributed by atoms with Crippen LogP contribution < -0.4 is 15.4 Å². The van der Waals surface area contributed by atoms with Crippen molar-refractivity contribution < 1.29 is 4.74 Å². The van der Waals surface area contributed by atoms with Crippen LogP contribution in [0.3, 0.4) is 0 Å². The lowest BCUT2D eigenvalue weighted by Crippen LogP contribution is -2.13. The van der Waals surface area contributed by atoms with Crippen molar-refractivity contribution in [3.05, 3.63) is 42.0 Å². The third-order valence-corrected chi connectivity index (χ3v) is 3.05. The SMILES string of the molecule is CCCOc1nc(N(C)c2ccccc2C#N)ccc1N. The molecule has 0 amide bonds. The highest BCUT2D eigenvalue weighted by atomic mass is 16.5. The molecule has 0 bridgehead atoms. The van der Waals surface area contributed by atoms with Crippen LogP contribution in [0.5, 0.6) is 5.88 Å². The van der Waals surface area contributed by atoms with Gasteiger partial charge in [0, 0.05) is 7.05 Å². The first-order chi connectivity index (χ1) is 10.2. The summed E-state index contributed by atoms with van der Waals surface area (Å²) in [6.45, 7) is 2.59. The number of ether oxygens (including phenoxy) is 1. The van der Waals surface area contributed by atoms with Gasteiger partial charge < -0.3 is 15.4 Å². The van der Waals surface area contributed by atoms with Gasteiger partial charge in [-0.05, 0) is 30.7 Å². The first-order valence-electron chi connectivity index (χ1n) is 6.79. The molecule has 2 rings (SSSR count). The standard InChI is InChI=1S/C16H18N4O/c1-3-10-21-16-13(18)8-9-15(19-16)20(2)14-7-5-4-6-12(14)11-17/h4-9H,3,10,18H2,1-2H3. The Labute approximate surface area is 124 Å². The van der Waals surface area contributed by atoms with E-state index in [9.17, 15) is 5.26 Å². The summed E-state index contributed by atoms with van der Waals surface area (Å²) in [7, 11) is 1.86. The molecule has 0 saturated heterocycles. The summed E-state index contributed by atoms with van der Waals surface area (Å²) in [5, 5.41) is 9.19. The van der Waals surface area contributed by atoms with Gasteiger partial charge in [0.2, 0.25) is 5.88 Å². The van der Waals surface area contributed by atoms with Gasteiger partial charge in [-0.1, -0.05) is 19.1 Å². The summed E-state index contributed by atoms with van der Waals surface area (Å²) in [5.41, 5.74) is 7.76. The maximum atomic E-state index is 9.19. The van der Waals surface area contributed by atoms with Crippen LogP contribution in [0.1, 0.15) is 18.9 Å².